The zero-order valence-corrected chi connectivity index (χ0v) is 23.6. The molecule has 3 rings (SSSR count). The van der Waals surface area contributed by atoms with Crippen LogP contribution in [0.1, 0.15) is 37.1 Å². The number of phenols is 1. The highest BCUT2D eigenvalue weighted by Gasteiger charge is 2.31. The van der Waals surface area contributed by atoms with E-state index in [9.17, 15) is 29.4 Å². The minimum absolute atomic E-state index is 0.00651. The van der Waals surface area contributed by atoms with Crippen molar-refractivity contribution in [1.82, 2.24) is 25.9 Å². The monoisotopic (exact) mass is 578 g/mol. The van der Waals surface area contributed by atoms with Crippen molar-refractivity contribution in [3.63, 3.8) is 0 Å². The molecule has 0 fully saturated rings. The second-order valence-electron chi connectivity index (χ2n) is 10.6. The number of phenolic OH excluding ortho intramolecular Hbond substituents is 1. The average molecular weight is 579 g/mol. The predicted octanol–water partition coefficient (Wildman–Crippen LogP) is 1.06. The van der Waals surface area contributed by atoms with Crippen molar-refractivity contribution in [2.24, 2.45) is 11.7 Å². The fourth-order valence-electron chi connectivity index (χ4n) is 4.38. The Hall–Kier alpha value is -4.71. The van der Waals surface area contributed by atoms with E-state index < -0.39 is 47.9 Å². The molecule has 0 aliphatic heterocycles. The SMILES string of the molecule is CC(C)CC(NC(=O)C(Cc1ccc(O)cc1)NC(=O)C(Cc1ccccc1)NC(=O)C(N)Cc1cnc[nH]1)C(=O)O. The van der Waals surface area contributed by atoms with Crippen molar-refractivity contribution < 1.29 is 29.4 Å². The van der Waals surface area contributed by atoms with Crippen molar-refractivity contribution in [1.29, 1.82) is 0 Å². The van der Waals surface area contributed by atoms with E-state index >= 15 is 0 Å². The van der Waals surface area contributed by atoms with E-state index in [2.05, 4.69) is 25.9 Å². The molecule has 224 valence electrons. The van der Waals surface area contributed by atoms with Gasteiger partial charge in [0.05, 0.1) is 12.4 Å². The molecule has 0 spiro atoms. The summed E-state index contributed by atoms with van der Waals surface area (Å²) in [6.07, 6.45) is 3.52. The maximum Gasteiger partial charge on any atom is 0.326 e. The Kier molecular flexibility index (Phi) is 11.6. The first-order valence-electron chi connectivity index (χ1n) is 13.7. The number of H-pyrrole nitrogens is 1. The molecule has 3 amide bonds. The van der Waals surface area contributed by atoms with Crippen molar-refractivity contribution in [3.8, 4) is 5.75 Å². The van der Waals surface area contributed by atoms with Gasteiger partial charge in [-0.15, -0.1) is 0 Å². The number of aliphatic carboxylic acids is 1. The summed E-state index contributed by atoms with van der Waals surface area (Å²) in [6, 6.07) is 10.7. The Morgan fingerprint density at radius 3 is 1.88 bits per heavy atom. The zero-order valence-electron chi connectivity index (χ0n) is 23.6. The minimum Gasteiger partial charge on any atom is -0.508 e. The predicted molar refractivity (Wildman–Crippen MR) is 155 cm³/mol. The summed E-state index contributed by atoms with van der Waals surface area (Å²) in [5.74, 6) is -3.06. The van der Waals surface area contributed by atoms with Gasteiger partial charge in [-0.05, 0) is 35.6 Å². The van der Waals surface area contributed by atoms with E-state index in [1.165, 1.54) is 18.5 Å². The Balaban J connectivity index is 1.83. The third-order valence-electron chi connectivity index (χ3n) is 6.58. The van der Waals surface area contributed by atoms with Crippen molar-refractivity contribution in [3.05, 3.63) is 83.9 Å². The molecular formula is C30H38N6O6. The second kappa shape index (κ2) is 15.3. The molecule has 0 aliphatic rings. The molecule has 3 aromatic rings. The van der Waals surface area contributed by atoms with Gasteiger partial charge in [0.1, 0.15) is 23.9 Å². The van der Waals surface area contributed by atoms with Crippen LogP contribution in [0.2, 0.25) is 0 Å². The lowest BCUT2D eigenvalue weighted by atomic mass is 10.0. The number of imidazole rings is 1. The molecule has 0 radical (unpaired) electrons. The molecule has 0 aliphatic carbocycles. The summed E-state index contributed by atoms with van der Waals surface area (Å²) in [5.41, 5.74) is 8.15. The molecule has 0 saturated heterocycles. The van der Waals surface area contributed by atoms with Crippen LogP contribution in [0.4, 0.5) is 0 Å². The molecule has 1 heterocycles. The van der Waals surface area contributed by atoms with Crippen LogP contribution in [0.15, 0.2) is 67.1 Å². The largest absolute Gasteiger partial charge is 0.508 e. The van der Waals surface area contributed by atoms with Crippen LogP contribution in [0.5, 0.6) is 5.75 Å². The van der Waals surface area contributed by atoms with Gasteiger partial charge in [0, 0.05) is 31.2 Å². The maximum atomic E-state index is 13.7. The van der Waals surface area contributed by atoms with Crippen LogP contribution >= 0.6 is 0 Å². The number of hydrogen-bond donors (Lipinski definition) is 7. The number of hydrogen-bond acceptors (Lipinski definition) is 7. The molecule has 8 N–H and O–H groups in total. The fraction of sp³-hybridized carbons (Fsp3) is 0.367. The van der Waals surface area contributed by atoms with E-state index in [1.54, 1.807) is 42.6 Å². The first-order valence-corrected chi connectivity index (χ1v) is 13.7. The Morgan fingerprint density at radius 1 is 0.810 bits per heavy atom. The first-order chi connectivity index (χ1) is 20.0. The molecule has 1 aromatic heterocycles. The topological polar surface area (TPSA) is 200 Å². The number of carboxylic acid groups (broad SMARTS) is 1. The van der Waals surface area contributed by atoms with Crippen LogP contribution in [0.3, 0.4) is 0 Å². The van der Waals surface area contributed by atoms with E-state index in [1.807, 2.05) is 19.9 Å². The van der Waals surface area contributed by atoms with Crippen LogP contribution in [-0.4, -0.2) is 68.0 Å². The molecule has 4 unspecified atom stereocenters. The number of aromatic amines is 1. The van der Waals surface area contributed by atoms with Gasteiger partial charge >= 0.3 is 5.97 Å². The van der Waals surface area contributed by atoms with Crippen LogP contribution in [-0.2, 0) is 38.4 Å². The zero-order chi connectivity index (χ0) is 30.6. The summed E-state index contributed by atoms with van der Waals surface area (Å²) in [5, 5.41) is 27.3. The number of aromatic hydroxyl groups is 1. The normalized spacial score (nSPS) is 13.9. The third-order valence-corrected chi connectivity index (χ3v) is 6.58. The molecule has 0 saturated carbocycles. The fourth-order valence-corrected chi connectivity index (χ4v) is 4.38. The summed E-state index contributed by atoms with van der Waals surface area (Å²) in [7, 11) is 0. The van der Waals surface area contributed by atoms with E-state index in [-0.39, 0.29) is 37.4 Å². The standard InChI is InChI=1S/C30H38N6O6/c1-18(2)12-26(30(41)42)36-29(40)25(14-20-8-10-22(37)11-9-20)35-28(39)24(13-19-6-4-3-5-7-19)34-27(38)23(31)15-21-16-32-17-33-21/h3-11,16-18,23-26,37H,12-15,31H2,1-2H3,(H,32,33)(H,34,38)(H,35,39)(H,36,40)(H,41,42). The number of nitrogens with two attached hydrogens (primary N) is 1. The number of nitrogens with zero attached hydrogens (tertiary/aromatic N) is 1. The summed E-state index contributed by atoms with van der Waals surface area (Å²) in [4.78, 5) is 58.7. The van der Waals surface area contributed by atoms with Crippen LogP contribution in [0, 0.1) is 5.92 Å². The third kappa shape index (κ3) is 10.0. The number of carbonyl (C=O) groups excluding carboxylic acids is 3. The quantitative estimate of drug-likeness (QED) is 0.139. The number of carbonyl (C=O) groups is 4. The summed E-state index contributed by atoms with van der Waals surface area (Å²) >= 11 is 0. The van der Waals surface area contributed by atoms with Crippen LogP contribution in [0.25, 0.3) is 0 Å². The molecule has 12 heteroatoms. The van der Waals surface area contributed by atoms with E-state index in [4.69, 9.17) is 5.73 Å². The molecular weight excluding hydrogens is 540 g/mol. The number of carboxylic acids is 1. The lowest BCUT2D eigenvalue weighted by molar-refractivity contribution is -0.142. The molecule has 4 atom stereocenters. The second-order valence-corrected chi connectivity index (χ2v) is 10.6. The molecule has 0 bridgehead atoms. The van der Waals surface area contributed by atoms with Gasteiger partial charge < -0.3 is 36.9 Å². The molecule has 42 heavy (non-hydrogen) atoms. The molecule has 12 nitrogen and oxygen atoms in total. The van der Waals surface area contributed by atoms with Gasteiger partial charge in [-0.25, -0.2) is 9.78 Å². The van der Waals surface area contributed by atoms with Crippen molar-refractivity contribution in [2.75, 3.05) is 0 Å². The summed E-state index contributed by atoms with van der Waals surface area (Å²) in [6.45, 7) is 3.68. The highest BCUT2D eigenvalue weighted by molar-refractivity contribution is 5.94. The maximum absolute atomic E-state index is 13.7. The van der Waals surface area contributed by atoms with E-state index in [0.717, 1.165) is 5.56 Å². The first kappa shape index (κ1) is 31.8. The van der Waals surface area contributed by atoms with Gasteiger partial charge in [-0.1, -0.05) is 56.3 Å². The van der Waals surface area contributed by atoms with Gasteiger partial charge in [0.15, 0.2) is 0 Å². The van der Waals surface area contributed by atoms with Crippen molar-refractivity contribution >= 4 is 23.7 Å². The summed E-state index contributed by atoms with van der Waals surface area (Å²) < 4.78 is 0. The lowest BCUT2D eigenvalue weighted by Gasteiger charge is -2.26. The number of aromatic nitrogens is 2. The Bertz CT molecular complexity index is 1310. The lowest BCUT2D eigenvalue weighted by Crippen LogP contribution is -2.58. The highest BCUT2D eigenvalue weighted by Crippen LogP contribution is 2.13. The Labute approximate surface area is 244 Å². The van der Waals surface area contributed by atoms with Crippen LogP contribution < -0.4 is 21.7 Å². The molecule has 2 aromatic carbocycles. The van der Waals surface area contributed by atoms with Gasteiger partial charge in [-0.2, -0.15) is 0 Å². The van der Waals surface area contributed by atoms with E-state index in [0.29, 0.717) is 11.3 Å². The number of rotatable bonds is 15. The van der Waals surface area contributed by atoms with Gasteiger partial charge in [-0.3, -0.25) is 14.4 Å². The average Bonchev–Trinajstić information content (AvgIpc) is 3.46. The number of benzene rings is 2. The highest BCUT2D eigenvalue weighted by atomic mass is 16.4. The smallest absolute Gasteiger partial charge is 0.326 e. The number of amides is 3. The van der Waals surface area contributed by atoms with Gasteiger partial charge in [0.25, 0.3) is 0 Å². The van der Waals surface area contributed by atoms with Crippen molar-refractivity contribution in [2.45, 2.75) is 63.7 Å². The number of nitrogens with one attached hydrogen (secondary N) is 4. The van der Waals surface area contributed by atoms with Gasteiger partial charge in [0.2, 0.25) is 17.7 Å². The Morgan fingerprint density at radius 2 is 1.36 bits per heavy atom. The minimum atomic E-state index is -1.19.